The van der Waals surface area contributed by atoms with Crippen molar-refractivity contribution < 1.29 is 27.5 Å². The summed E-state index contributed by atoms with van der Waals surface area (Å²) in [4.78, 5) is 22.7. The van der Waals surface area contributed by atoms with Crippen molar-refractivity contribution in [3.63, 3.8) is 0 Å². The molecule has 3 amide bonds. The maximum absolute atomic E-state index is 12.1. The molecule has 3 N–H and O–H groups in total. The van der Waals surface area contributed by atoms with Crippen LogP contribution in [0.15, 0.2) is 24.3 Å². The van der Waals surface area contributed by atoms with Crippen LogP contribution in [0.25, 0.3) is 0 Å². The van der Waals surface area contributed by atoms with Gasteiger partial charge in [-0.3, -0.25) is 4.79 Å². The van der Waals surface area contributed by atoms with Crippen molar-refractivity contribution in [2.24, 2.45) is 0 Å². The van der Waals surface area contributed by atoms with Gasteiger partial charge in [-0.2, -0.15) is 13.2 Å². The first kappa shape index (κ1) is 19.2. The Morgan fingerprint density at radius 3 is 2.62 bits per heavy atom. The summed E-state index contributed by atoms with van der Waals surface area (Å²) in [7, 11) is 0. The van der Waals surface area contributed by atoms with Crippen molar-refractivity contribution in [2.45, 2.75) is 12.7 Å². The number of carbonyl (C=O) groups excluding carboxylic acids is 2. The summed E-state index contributed by atoms with van der Waals surface area (Å²) in [5.41, 5.74) is 0.543. The Morgan fingerprint density at radius 2 is 1.96 bits per heavy atom. The molecule has 0 aliphatic rings. The van der Waals surface area contributed by atoms with E-state index in [0.29, 0.717) is 5.56 Å². The van der Waals surface area contributed by atoms with Crippen molar-refractivity contribution >= 4 is 11.9 Å². The van der Waals surface area contributed by atoms with Crippen molar-refractivity contribution in [1.82, 2.24) is 16.0 Å². The molecule has 0 saturated heterocycles. The molecule has 130 valence electrons. The average molecular weight is 343 g/mol. The summed E-state index contributed by atoms with van der Waals surface area (Å²) in [5, 5.41) is 7.14. The number of terminal acetylenes is 1. The largest absolute Gasteiger partial charge is 0.484 e. The first-order chi connectivity index (χ1) is 11.3. The van der Waals surface area contributed by atoms with Gasteiger partial charge in [0.15, 0.2) is 6.61 Å². The highest BCUT2D eigenvalue weighted by Gasteiger charge is 2.28. The topological polar surface area (TPSA) is 79.5 Å². The Hall–Kier alpha value is -2.89. The van der Waals surface area contributed by atoms with Crippen LogP contribution in [-0.4, -0.2) is 37.8 Å². The van der Waals surface area contributed by atoms with E-state index in [4.69, 9.17) is 6.42 Å². The fourth-order valence-corrected chi connectivity index (χ4v) is 1.53. The first-order valence-corrected chi connectivity index (χ1v) is 6.80. The van der Waals surface area contributed by atoms with Gasteiger partial charge in [0.25, 0.3) is 0 Å². The van der Waals surface area contributed by atoms with Gasteiger partial charge in [0, 0.05) is 6.54 Å². The fraction of sp³-hybridized carbons (Fsp3) is 0.333. The predicted octanol–water partition coefficient (Wildman–Crippen LogP) is 1.18. The van der Waals surface area contributed by atoms with E-state index in [9.17, 15) is 22.8 Å². The van der Waals surface area contributed by atoms with Crippen molar-refractivity contribution in [2.75, 3.05) is 19.7 Å². The van der Waals surface area contributed by atoms with Crippen LogP contribution in [0.1, 0.15) is 5.56 Å². The molecule has 1 rings (SSSR count). The highest BCUT2D eigenvalue weighted by atomic mass is 19.4. The van der Waals surface area contributed by atoms with E-state index >= 15 is 0 Å². The number of nitrogens with one attached hydrogen (secondary N) is 3. The van der Waals surface area contributed by atoms with Crippen LogP contribution in [-0.2, 0) is 11.3 Å². The van der Waals surface area contributed by atoms with E-state index in [2.05, 4.69) is 26.6 Å². The summed E-state index contributed by atoms with van der Waals surface area (Å²) < 4.78 is 40.9. The molecule has 0 radical (unpaired) electrons. The third kappa shape index (κ3) is 8.53. The lowest BCUT2D eigenvalue weighted by Gasteiger charge is -2.11. The smallest absolute Gasteiger partial charge is 0.422 e. The molecule has 0 aliphatic heterocycles. The van der Waals surface area contributed by atoms with Gasteiger partial charge < -0.3 is 20.7 Å². The molecule has 0 bridgehead atoms. The molecule has 0 spiro atoms. The zero-order valence-corrected chi connectivity index (χ0v) is 12.6. The molecule has 0 heterocycles. The normalized spacial score (nSPS) is 10.4. The molecular weight excluding hydrogens is 327 g/mol. The van der Waals surface area contributed by atoms with Crippen LogP contribution >= 0.6 is 0 Å². The van der Waals surface area contributed by atoms with Gasteiger partial charge in [0.2, 0.25) is 5.91 Å². The van der Waals surface area contributed by atoms with E-state index in [1.165, 1.54) is 18.2 Å². The highest BCUT2D eigenvalue weighted by Crippen LogP contribution is 2.19. The van der Waals surface area contributed by atoms with Gasteiger partial charge in [-0.1, -0.05) is 18.1 Å². The number of urea groups is 1. The molecule has 6 nitrogen and oxygen atoms in total. The second-order valence-corrected chi connectivity index (χ2v) is 4.57. The zero-order valence-electron chi connectivity index (χ0n) is 12.6. The lowest BCUT2D eigenvalue weighted by atomic mass is 10.2. The van der Waals surface area contributed by atoms with E-state index in [-0.39, 0.29) is 25.4 Å². The number of carbonyl (C=O) groups is 2. The van der Waals surface area contributed by atoms with Crippen LogP contribution in [0.3, 0.4) is 0 Å². The summed E-state index contributed by atoms with van der Waals surface area (Å²) in [5.74, 6) is 1.82. The first-order valence-electron chi connectivity index (χ1n) is 6.80. The van der Waals surface area contributed by atoms with E-state index in [1.54, 1.807) is 6.07 Å². The summed E-state index contributed by atoms with van der Waals surface area (Å²) in [6, 6.07) is 5.28. The third-order valence-corrected chi connectivity index (χ3v) is 2.55. The molecule has 0 unspecified atom stereocenters. The third-order valence-electron chi connectivity index (χ3n) is 2.55. The average Bonchev–Trinajstić information content (AvgIpc) is 2.54. The van der Waals surface area contributed by atoms with E-state index in [1.807, 2.05) is 0 Å². The van der Waals surface area contributed by atoms with Gasteiger partial charge in [0.05, 0.1) is 13.1 Å². The van der Waals surface area contributed by atoms with Gasteiger partial charge in [-0.15, -0.1) is 6.42 Å². The van der Waals surface area contributed by atoms with Crippen LogP contribution < -0.4 is 20.7 Å². The Balaban J connectivity index is 2.37. The highest BCUT2D eigenvalue weighted by molar-refractivity contribution is 5.83. The van der Waals surface area contributed by atoms with Gasteiger partial charge >= 0.3 is 12.2 Å². The number of rotatable bonds is 7. The quantitative estimate of drug-likeness (QED) is 0.651. The standard InChI is InChI=1S/C15H16F3N3O3/c1-2-6-19-13(22)9-21-14(23)20-8-11-4-3-5-12(7-11)24-10-15(16,17)18/h1,3-5,7H,6,8-10H2,(H,19,22)(H2,20,21,23). The maximum Gasteiger partial charge on any atom is 0.422 e. The van der Waals surface area contributed by atoms with Crippen LogP contribution in [0.5, 0.6) is 5.75 Å². The maximum atomic E-state index is 12.1. The predicted molar refractivity (Wildman–Crippen MR) is 80.1 cm³/mol. The SMILES string of the molecule is C#CCNC(=O)CNC(=O)NCc1cccc(OCC(F)(F)F)c1. The van der Waals surface area contributed by atoms with Gasteiger partial charge in [-0.05, 0) is 17.7 Å². The Labute approximate surface area is 136 Å². The summed E-state index contributed by atoms with van der Waals surface area (Å²) in [6.45, 7) is -1.52. The molecule has 1 aromatic rings. The molecule has 9 heteroatoms. The van der Waals surface area contributed by atoms with Gasteiger partial charge in [0.1, 0.15) is 5.75 Å². The van der Waals surface area contributed by atoms with Gasteiger partial charge in [-0.25, -0.2) is 4.79 Å². The van der Waals surface area contributed by atoms with Crippen molar-refractivity contribution in [1.29, 1.82) is 0 Å². The number of alkyl halides is 3. The Bertz CT molecular complexity index is 612. The van der Waals surface area contributed by atoms with Crippen molar-refractivity contribution in [3.05, 3.63) is 29.8 Å². The number of amides is 3. The fourth-order valence-electron chi connectivity index (χ4n) is 1.53. The lowest BCUT2D eigenvalue weighted by molar-refractivity contribution is -0.153. The molecule has 0 aromatic heterocycles. The van der Waals surface area contributed by atoms with Crippen LogP contribution in [0, 0.1) is 12.3 Å². The monoisotopic (exact) mass is 343 g/mol. The molecule has 0 fully saturated rings. The molecular formula is C15H16F3N3O3. The number of benzene rings is 1. The second-order valence-electron chi connectivity index (χ2n) is 4.57. The minimum Gasteiger partial charge on any atom is -0.484 e. The molecule has 24 heavy (non-hydrogen) atoms. The summed E-state index contributed by atoms with van der Waals surface area (Å²) in [6.07, 6.45) is 0.543. The van der Waals surface area contributed by atoms with E-state index in [0.717, 1.165) is 0 Å². The summed E-state index contributed by atoms with van der Waals surface area (Å²) >= 11 is 0. The number of ether oxygens (including phenoxy) is 1. The van der Waals surface area contributed by atoms with E-state index < -0.39 is 24.7 Å². The molecule has 0 saturated carbocycles. The van der Waals surface area contributed by atoms with Crippen LogP contribution in [0.4, 0.5) is 18.0 Å². The molecule has 0 atom stereocenters. The minimum absolute atomic E-state index is 0.0423. The molecule has 1 aromatic carbocycles. The minimum atomic E-state index is -4.42. The van der Waals surface area contributed by atoms with Crippen molar-refractivity contribution in [3.8, 4) is 18.1 Å². The second kappa shape index (κ2) is 9.29. The Morgan fingerprint density at radius 1 is 1.21 bits per heavy atom. The number of hydrogen-bond acceptors (Lipinski definition) is 3. The zero-order chi connectivity index (χ0) is 18.0. The lowest BCUT2D eigenvalue weighted by Crippen LogP contribution is -2.41. The van der Waals surface area contributed by atoms with Crippen LogP contribution in [0.2, 0.25) is 0 Å². The Kier molecular flexibility index (Phi) is 7.42. The molecule has 0 aliphatic carbocycles. The number of hydrogen-bond donors (Lipinski definition) is 3. The number of halogens is 3.